The molecule has 1 saturated heterocycles. The molecule has 1 unspecified atom stereocenters. The lowest BCUT2D eigenvalue weighted by Crippen LogP contribution is -2.43. The molecule has 2 amide bonds. The molecule has 3 N–H and O–H groups in total. The maximum Gasteiger partial charge on any atom is 0.407 e. The van der Waals surface area contributed by atoms with E-state index in [0.717, 1.165) is 12.8 Å². The van der Waals surface area contributed by atoms with E-state index in [1.54, 1.807) is 0 Å². The van der Waals surface area contributed by atoms with E-state index >= 15 is 0 Å². The van der Waals surface area contributed by atoms with E-state index < -0.39 is 24.2 Å². The number of nitrogens with one attached hydrogen (secondary N) is 1. The fraction of sp³-hybridized carbons (Fsp3) is 0.444. The number of benzene rings is 2. The van der Waals surface area contributed by atoms with Crippen LogP contribution in [0.1, 0.15) is 42.7 Å². The second kappa shape index (κ2) is 9.70. The van der Waals surface area contributed by atoms with Crippen molar-refractivity contribution in [2.75, 3.05) is 19.7 Å². The van der Waals surface area contributed by atoms with Gasteiger partial charge in [-0.3, -0.25) is 4.79 Å². The first kappa shape index (κ1) is 23.4. The molecule has 2 fully saturated rings. The number of amides is 2. The number of carbonyl (C=O) groups is 3. The van der Waals surface area contributed by atoms with Gasteiger partial charge in [-0.05, 0) is 46.9 Å². The van der Waals surface area contributed by atoms with Crippen LogP contribution in [0.25, 0.3) is 11.1 Å². The molecule has 2 atom stereocenters. The van der Waals surface area contributed by atoms with Gasteiger partial charge in [0.15, 0.2) is 0 Å². The summed E-state index contributed by atoms with van der Waals surface area (Å²) in [6.45, 7) is 0.838. The van der Waals surface area contributed by atoms with Gasteiger partial charge >= 0.3 is 12.1 Å². The van der Waals surface area contributed by atoms with E-state index in [-0.39, 0.29) is 49.7 Å². The summed E-state index contributed by atoms with van der Waals surface area (Å²) in [7, 11) is 0. The normalized spacial score (nSPS) is 24.9. The highest BCUT2D eigenvalue weighted by Gasteiger charge is 2.41. The van der Waals surface area contributed by atoms with Gasteiger partial charge in [0.05, 0.1) is 6.10 Å². The Hall–Kier alpha value is -3.39. The van der Waals surface area contributed by atoms with Crippen LogP contribution in [-0.4, -0.2) is 64.9 Å². The number of alkyl carbamates (subject to hydrolysis) is 1. The molecule has 2 aliphatic carbocycles. The topological polar surface area (TPSA) is 116 Å². The number of hydrogen-bond acceptors (Lipinski definition) is 5. The number of carbonyl (C=O) groups excluding carboxylic acids is 2. The molecular weight excluding hydrogens is 448 g/mol. The van der Waals surface area contributed by atoms with Gasteiger partial charge in [0.25, 0.3) is 0 Å². The Labute approximate surface area is 203 Å². The average Bonchev–Trinajstić information content (AvgIpc) is 3.37. The van der Waals surface area contributed by atoms with Crippen LogP contribution in [0.3, 0.4) is 0 Å². The van der Waals surface area contributed by atoms with E-state index in [4.69, 9.17) is 4.74 Å². The average molecular weight is 479 g/mol. The number of aliphatic carboxylic acids is 1. The molecule has 8 nitrogen and oxygen atoms in total. The van der Waals surface area contributed by atoms with Crippen molar-refractivity contribution < 1.29 is 29.3 Å². The highest BCUT2D eigenvalue weighted by Crippen LogP contribution is 2.44. The molecule has 5 rings (SSSR count). The van der Waals surface area contributed by atoms with Gasteiger partial charge in [-0.15, -0.1) is 0 Å². The number of rotatable bonds is 7. The molecule has 0 bridgehead atoms. The van der Waals surface area contributed by atoms with Crippen molar-refractivity contribution in [3.05, 3.63) is 59.7 Å². The molecular formula is C27H30N2O6. The number of nitrogens with zero attached hydrogens (tertiary/aromatic N) is 1. The maximum atomic E-state index is 12.5. The third-order valence-electron chi connectivity index (χ3n) is 7.56. The van der Waals surface area contributed by atoms with Crippen LogP contribution in [0.5, 0.6) is 0 Å². The number of aliphatic hydroxyl groups is 1. The number of likely N-dealkylation sites (tertiary alicyclic amines) is 1. The molecule has 1 saturated carbocycles. The van der Waals surface area contributed by atoms with Crippen LogP contribution in [0, 0.1) is 11.8 Å². The molecule has 2 aromatic carbocycles. The SMILES string of the molecule is O=C(NCC1CC(CC(=O)N2CC(O)C[C@H]2C(=O)O)C1)OCC1c2ccccc2-c2ccccc21. The molecule has 1 aliphatic heterocycles. The van der Waals surface area contributed by atoms with Gasteiger partial charge in [-0.2, -0.15) is 0 Å². The summed E-state index contributed by atoms with van der Waals surface area (Å²) in [6.07, 6.45) is 0.723. The zero-order chi connectivity index (χ0) is 24.5. The Kier molecular flexibility index (Phi) is 6.47. The van der Waals surface area contributed by atoms with Crippen molar-refractivity contribution in [1.82, 2.24) is 10.2 Å². The second-order valence-corrected chi connectivity index (χ2v) is 9.90. The van der Waals surface area contributed by atoms with Crippen LogP contribution < -0.4 is 5.32 Å². The number of hydrogen-bond donors (Lipinski definition) is 3. The van der Waals surface area contributed by atoms with E-state index in [2.05, 4.69) is 29.6 Å². The molecule has 8 heteroatoms. The fourth-order valence-electron chi connectivity index (χ4n) is 5.77. The van der Waals surface area contributed by atoms with Crippen molar-refractivity contribution in [1.29, 1.82) is 0 Å². The molecule has 2 aromatic rings. The number of β-amino-alcohol motifs (C(OH)–C–C–N with tert-alkyl or cyclic N) is 1. The second-order valence-electron chi connectivity index (χ2n) is 9.90. The summed E-state index contributed by atoms with van der Waals surface area (Å²) in [6, 6.07) is 15.5. The lowest BCUT2D eigenvalue weighted by molar-refractivity contribution is -0.149. The zero-order valence-electron chi connectivity index (χ0n) is 19.4. The molecule has 0 radical (unpaired) electrons. The van der Waals surface area contributed by atoms with Crippen LogP contribution in [0.15, 0.2) is 48.5 Å². The predicted molar refractivity (Wildman–Crippen MR) is 128 cm³/mol. The lowest BCUT2D eigenvalue weighted by atomic mass is 9.73. The number of aliphatic hydroxyl groups excluding tert-OH is 1. The van der Waals surface area contributed by atoms with Gasteiger partial charge in [-0.25, -0.2) is 9.59 Å². The minimum absolute atomic E-state index is 0.0194. The third-order valence-corrected chi connectivity index (χ3v) is 7.56. The van der Waals surface area contributed by atoms with Gasteiger partial charge in [0, 0.05) is 31.8 Å². The van der Waals surface area contributed by atoms with Gasteiger partial charge in [0.2, 0.25) is 5.91 Å². The molecule has 0 spiro atoms. The molecule has 0 aromatic heterocycles. The highest BCUT2D eigenvalue weighted by molar-refractivity contribution is 5.84. The molecule has 35 heavy (non-hydrogen) atoms. The summed E-state index contributed by atoms with van der Waals surface area (Å²) >= 11 is 0. The van der Waals surface area contributed by atoms with Gasteiger partial charge < -0.3 is 25.2 Å². The highest BCUT2D eigenvalue weighted by atomic mass is 16.5. The summed E-state index contributed by atoms with van der Waals surface area (Å²) in [5.74, 6) is -0.835. The quantitative estimate of drug-likeness (QED) is 0.563. The van der Waals surface area contributed by atoms with Crippen LogP contribution in [0.4, 0.5) is 4.79 Å². The number of carboxylic acid groups (broad SMARTS) is 1. The summed E-state index contributed by atoms with van der Waals surface area (Å²) < 4.78 is 5.57. The van der Waals surface area contributed by atoms with Crippen LogP contribution in [0.2, 0.25) is 0 Å². The summed E-state index contributed by atoms with van der Waals surface area (Å²) in [5, 5.41) is 21.9. The van der Waals surface area contributed by atoms with E-state index in [9.17, 15) is 24.6 Å². The number of ether oxygens (including phenoxy) is 1. The zero-order valence-corrected chi connectivity index (χ0v) is 19.4. The van der Waals surface area contributed by atoms with E-state index in [0.29, 0.717) is 6.54 Å². The minimum Gasteiger partial charge on any atom is -0.480 e. The third kappa shape index (κ3) is 4.75. The molecule has 184 valence electrons. The summed E-state index contributed by atoms with van der Waals surface area (Å²) in [5.41, 5.74) is 4.71. The molecule has 1 heterocycles. The number of carboxylic acids is 1. The summed E-state index contributed by atoms with van der Waals surface area (Å²) in [4.78, 5) is 37.5. The Bertz CT molecular complexity index is 1080. The van der Waals surface area contributed by atoms with Crippen LogP contribution in [-0.2, 0) is 14.3 Å². The standard InChI is InChI=1S/C27H30N2O6/c30-18-12-24(26(32)33)29(14-18)25(31)11-16-9-17(10-16)13-28-27(34)35-15-23-21-7-3-1-5-19(21)20-6-2-4-8-22(20)23/h1-8,16-18,23-24,30H,9-15H2,(H,28,34)(H,32,33)/t16?,17?,18?,24-/m0/s1. The molecule has 3 aliphatic rings. The Morgan fingerprint density at radius 3 is 2.20 bits per heavy atom. The largest absolute Gasteiger partial charge is 0.480 e. The van der Waals surface area contributed by atoms with Crippen LogP contribution >= 0.6 is 0 Å². The predicted octanol–water partition coefficient (Wildman–Crippen LogP) is 2.99. The van der Waals surface area contributed by atoms with Crippen molar-refractivity contribution in [3.8, 4) is 11.1 Å². The Morgan fingerprint density at radius 2 is 1.57 bits per heavy atom. The first-order chi connectivity index (χ1) is 16.9. The van der Waals surface area contributed by atoms with Gasteiger partial charge in [-0.1, -0.05) is 48.5 Å². The first-order valence-corrected chi connectivity index (χ1v) is 12.2. The van der Waals surface area contributed by atoms with Crippen molar-refractivity contribution in [2.45, 2.75) is 43.7 Å². The monoisotopic (exact) mass is 478 g/mol. The first-order valence-electron chi connectivity index (χ1n) is 12.2. The van der Waals surface area contributed by atoms with E-state index in [1.165, 1.54) is 27.2 Å². The lowest BCUT2D eigenvalue weighted by Gasteiger charge is -2.36. The fourth-order valence-corrected chi connectivity index (χ4v) is 5.77. The van der Waals surface area contributed by atoms with Gasteiger partial charge in [0.1, 0.15) is 12.6 Å². The van der Waals surface area contributed by atoms with Crippen molar-refractivity contribution in [3.63, 3.8) is 0 Å². The maximum absolute atomic E-state index is 12.5. The number of fused-ring (bicyclic) bond motifs is 3. The van der Waals surface area contributed by atoms with Crippen molar-refractivity contribution in [2.24, 2.45) is 11.8 Å². The Morgan fingerprint density at radius 1 is 0.943 bits per heavy atom. The smallest absolute Gasteiger partial charge is 0.407 e. The Balaban J connectivity index is 1.05. The minimum atomic E-state index is -1.08. The van der Waals surface area contributed by atoms with Crippen molar-refractivity contribution >= 4 is 18.0 Å². The van der Waals surface area contributed by atoms with E-state index in [1.807, 2.05) is 24.3 Å².